The third-order valence-electron chi connectivity index (χ3n) is 2.63. The normalized spacial score (nSPS) is 38.2. The molecule has 0 aromatic heterocycles. The van der Waals surface area contributed by atoms with Gasteiger partial charge in [0.2, 0.25) is 0 Å². The van der Waals surface area contributed by atoms with Crippen LogP contribution in [0.5, 0.6) is 0 Å². The minimum atomic E-state index is -2.74. The van der Waals surface area contributed by atoms with E-state index in [0.29, 0.717) is 17.5 Å². The van der Waals surface area contributed by atoms with Gasteiger partial charge < -0.3 is 10.1 Å². The van der Waals surface area contributed by atoms with Crippen molar-refractivity contribution in [1.29, 1.82) is 0 Å². The van der Waals surface area contributed by atoms with Crippen molar-refractivity contribution in [2.45, 2.75) is 24.9 Å². The van der Waals surface area contributed by atoms with Crippen molar-refractivity contribution in [2.24, 2.45) is 0 Å². The van der Waals surface area contributed by atoms with Crippen molar-refractivity contribution in [3.8, 4) is 0 Å². The monoisotopic (exact) mass is 205 g/mol. The predicted octanol–water partition coefficient (Wildman–Crippen LogP) is -0.448. The van der Waals surface area contributed by atoms with Gasteiger partial charge in [0.1, 0.15) is 0 Å². The highest BCUT2D eigenvalue weighted by Gasteiger charge is 2.30. The van der Waals surface area contributed by atoms with Crippen LogP contribution in [0.25, 0.3) is 0 Å². The summed E-state index contributed by atoms with van der Waals surface area (Å²) in [4.78, 5) is 0. The number of hydrogen-bond donors (Lipinski definition) is 1. The lowest BCUT2D eigenvalue weighted by Gasteiger charge is -2.15. The van der Waals surface area contributed by atoms with Gasteiger partial charge in [0.15, 0.2) is 9.84 Å². The molecule has 76 valence electrons. The first kappa shape index (κ1) is 9.43. The summed E-state index contributed by atoms with van der Waals surface area (Å²) in [5.41, 5.74) is 0. The average molecular weight is 205 g/mol. The Morgan fingerprint density at radius 1 is 1.23 bits per heavy atom. The number of rotatable bonds is 2. The van der Waals surface area contributed by atoms with Gasteiger partial charge in [-0.2, -0.15) is 0 Å². The minimum Gasteiger partial charge on any atom is -0.380 e. The molecule has 0 aliphatic carbocycles. The molecule has 0 aromatic carbocycles. The number of sulfone groups is 1. The molecule has 0 amide bonds. The van der Waals surface area contributed by atoms with Crippen LogP contribution in [0.4, 0.5) is 0 Å². The lowest BCUT2D eigenvalue weighted by molar-refractivity contribution is 0.188. The van der Waals surface area contributed by atoms with Crippen LogP contribution < -0.4 is 5.32 Å². The highest BCUT2D eigenvalue weighted by Crippen LogP contribution is 2.14. The molecule has 2 saturated heterocycles. The molecule has 0 radical (unpaired) electrons. The number of ether oxygens (including phenoxy) is 1. The Bertz CT molecular complexity index is 269. The van der Waals surface area contributed by atoms with Crippen LogP contribution >= 0.6 is 0 Å². The van der Waals surface area contributed by atoms with Crippen molar-refractivity contribution in [3.05, 3.63) is 0 Å². The molecule has 2 unspecified atom stereocenters. The van der Waals surface area contributed by atoms with Gasteiger partial charge in [0, 0.05) is 18.7 Å². The summed E-state index contributed by atoms with van der Waals surface area (Å²) in [6, 6.07) is 0.537. The van der Waals surface area contributed by atoms with Gasteiger partial charge in [0.05, 0.1) is 18.1 Å². The van der Waals surface area contributed by atoms with Crippen LogP contribution in [0.3, 0.4) is 0 Å². The van der Waals surface area contributed by atoms with Crippen LogP contribution in [0.15, 0.2) is 0 Å². The molecule has 2 aliphatic heterocycles. The average Bonchev–Trinajstić information content (AvgIpc) is 2.61. The van der Waals surface area contributed by atoms with Crippen LogP contribution in [0.1, 0.15) is 12.8 Å². The second kappa shape index (κ2) is 3.55. The van der Waals surface area contributed by atoms with E-state index in [1.54, 1.807) is 0 Å². The van der Waals surface area contributed by atoms with E-state index in [1.807, 2.05) is 0 Å². The van der Waals surface area contributed by atoms with E-state index >= 15 is 0 Å². The van der Waals surface area contributed by atoms with Crippen LogP contribution in [0.2, 0.25) is 0 Å². The Kier molecular flexibility index (Phi) is 2.58. The first-order valence-corrected chi connectivity index (χ1v) is 6.52. The van der Waals surface area contributed by atoms with E-state index in [-0.39, 0.29) is 6.04 Å². The predicted molar refractivity (Wildman–Crippen MR) is 49.4 cm³/mol. The molecule has 2 atom stereocenters. The van der Waals surface area contributed by atoms with Crippen molar-refractivity contribution in [2.75, 3.05) is 24.7 Å². The highest BCUT2D eigenvalue weighted by molar-refractivity contribution is 7.91. The summed E-state index contributed by atoms with van der Waals surface area (Å²) in [5, 5.41) is 3.33. The molecular weight excluding hydrogens is 190 g/mol. The van der Waals surface area contributed by atoms with Gasteiger partial charge in [-0.25, -0.2) is 8.42 Å². The van der Waals surface area contributed by atoms with Crippen molar-refractivity contribution < 1.29 is 13.2 Å². The second-order valence-electron chi connectivity index (χ2n) is 3.83. The van der Waals surface area contributed by atoms with E-state index < -0.39 is 9.84 Å². The molecular formula is C8H15NO3S. The number of nitrogens with one attached hydrogen (secondary N) is 1. The quantitative estimate of drug-likeness (QED) is 0.663. The second-order valence-corrected chi connectivity index (χ2v) is 6.06. The van der Waals surface area contributed by atoms with E-state index in [4.69, 9.17) is 4.74 Å². The fourth-order valence-corrected chi connectivity index (χ4v) is 3.61. The van der Waals surface area contributed by atoms with Gasteiger partial charge in [0.25, 0.3) is 0 Å². The fraction of sp³-hybridized carbons (Fsp3) is 1.00. The molecule has 5 heteroatoms. The maximum absolute atomic E-state index is 11.1. The van der Waals surface area contributed by atoms with Crippen LogP contribution in [-0.2, 0) is 14.6 Å². The van der Waals surface area contributed by atoms with Crippen LogP contribution in [0, 0.1) is 0 Å². The van der Waals surface area contributed by atoms with E-state index in [0.717, 1.165) is 26.1 Å². The molecule has 13 heavy (non-hydrogen) atoms. The molecule has 2 rings (SSSR count). The Hall–Kier alpha value is -0.130. The van der Waals surface area contributed by atoms with Crippen molar-refractivity contribution >= 4 is 9.84 Å². The standard InChI is InChI=1S/C8H15NO3S/c10-13(11)4-2-8(6-13)9-7-1-3-12-5-7/h7-9H,1-6H2. The maximum Gasteiger partial charge on any atom is 0.151 e. The minimum absolute atomic E-state index is 0.164. The fourth-order valence-electron chi connectivity index (χ4n) is 1.93. The largest absolute Gasteiger partial charge is 0.380 e. The number of hydrogen-bond acceptors (Lipinski definition) is 4. The molecule has 1 N–H and O–H groups in total. The molecule has 0 bridgehead atoms. The van der Waals surface area contributed by atoms with Crippen molar-refractivity contribution in [1.82, 2.24) is 5.32 Å². The Morgan fingerprint density at radius 3 is 2.62 bits per heavy atom. The Balaban J connectivity index is 1.83. The SMILES string of the molecule is O=S1(=O)CCC(NC2CCOC2)C1. The smallest absolute Gasteiger partial charge is 0.151 e. The summed E-state index contributed by atoms with van der Waals surface area (Å²) in [7, 11) is -2.74. The lowest BCUT2D eigenvalue weighted by Crippen LogP contribution is -2.39. The molecule has 0 aromatic rings. The summed E-state index contributed by atoms with van der Waals surface area (Å²) in [6.07, 6.45) is 1.77. The molecule has 2 aliphatic rings. The topological polar surface area (TPSA) is 55.4 Å². The molecule has 4 nitrogen and oxygen atoms in total. The van der Waals surface area contributed by atoms with E-state index in [9.17, 15) is 8.42 Å². The third-order valence-corrected chi connectivity index (χ3v) is 4.40. The van der Waals surface area contributed by atoms with Crippen molar-refractivity contribution in [3.63, 3.8) is 0 Å². The lowest BCUT2D eigenvalue weighted by atomic mass is 10.2. The Morgan fingerprint density at radius 2 is 2.08 bits per heavy atom. The Labute approximate surface area is 78.6 Å². The summed E-state index contributed by atoms with van der Waals surface area (Å²) in [6.45, 7) is 1.54. The van der Waals surface area contributed by atoms with Crippen LogP contribution in [-0.4, -0.2) is 45.2 Å². The zero-order valence-electron chi connectivity index (χ0n) is 7.53. The molecule has 2 fully saturated rings. The molecule has 0 saturated carbocycles. The molecule has 2 heterocycles. The van der Waals surface area contributed by atoms with Gasteiger partial charge in [-0.15, -0.1) is 0 Å². The zero-order chi connectivity index (χ0) is 9.31. The van der Waals surface area contributed by atoms with Gasteiger partial charge in [-0.1, -0.05) is 0 Å². The van der Waals surface area contributed by atoms with Gasteiger partial charge in [-0.3, -0.25) is 0 Å². The highest BCUT2D eigenvalue weighted by atomic mass is 32.2. The zero-order valence-corrected chi connectivity index (χ0v) is 8.35. The van der Waals surface area contributed by atoms with E-state index in [1.165, 1.54) is 0 Å². The third kappa shape index (κ3) is 2.42. The maximum atomic E-state index is 11.1. The van der Waals surface area contributed by atoms with Gasteiger partial charge >= 0.3 is 0 Å². The van der Waals surface area contributed by atoms with E-state index in [2.05, 4.69) is 5.32 Å². The first-order valence-electron chi connectivity index (χ1n) is 4.70. The summed E-state index contributed by atoms with van der Waals surface area (Å²) >= 11 is 0. The summed E-state index contributed by atoms with van der Waals surface area (Å²) in [5.74, 6) is 0.655. The first-order chi connectivity index (χ1) is 6.16. The van der Waals surface area contributed by atoms with Gasteiger partial charge in [-0.05, 0) is 12.8 Å². The summed E-state index contributed by atoms with van der Waals surface area (Å²) < 4.78 is 27.5. The molecule has 0 spiro atoms.